The second kappa shape index (κ2) is 15.1. The number of aryl methyl sites for hydroxylation is 1. The fraction of sp³-hybridized carbons (Fsp3) is 0.324. The van der Waals surface area contributed by atoms with Crippen molar-refractivity contribution < 1.29 is 14.3 Å². The molecule has 5 aromatic rings. The van der Waals surface area contributed by atoms with Gasteiger partial charge in [0.15, 0.2) is 0 Å². The third-order valence-electron chi connectivity index (χ3n) is 8.82. The number of hydrogen-bond donors (Lipinski definition) is 3. The molecule has 48 heavy (non-hydrogen) atoms. The fourth-order valence-electron chi connectivity index (χ4n) is 6.13. The molecule has 1 saturated heterocycles. The van der Waals surface area contributed by atoms with E-state index in [1.807, 2.05) is 73.1 Å². The van der Waals surface area contributed by atoms with Crippen LogP contribution in [0.4, 0.5) is 0 Å². The molecule has 0 aliphatic carbocycles. The highest BCUT2D eigenvalue weighted by Gasteiger charge is 2.21. The smallest absolute Gasteiger partial charge is 0.220 e. The van der Waals surface area contributed by atoms with Crippen LogP contribution in [0.1, 0.15) is 30.9 Å². The molecule has 0 saturated carbocycles. The second-order valence-electron chi connectivity index (χ2n) is 12.1. The number of nitrogens with zero attached hydrogens (tertiary/aromatic N) is 3. The predicted molar refractivity (Wildman–Crippen MR) is 192 cm³/mol. The van der Waals surface area contributed by atoms with Crippen molar-refractivity contribution in [3.63, 3.8) is 0 Å². The lowest BCUT2D eigenvalue weighted by atomic mass is 9.98. The third-order valence-corrected chi connectivity index (χ3v) is 9.63. The first-order valence-corrected chi connectivity index (χ1v) is 16.8. The average Bonchev–Trinajstić information content (AvgIpc) is 3.66. The van der Waals surface area contributed by atoms with Crippen LogP contribution in [0, 0.1) is 0 Å². The summed E-state index contributed by atoms with van der Waals surface area (Å²) in [5.74, 6) is 0.622. The van der Waals surface area contributed by atoms with Gasteiger partial charge in [-0.2, -0.15) is 0 Å². The molecular formula is C37H40Cl2N6O3. The third kappa shape index (κ3) is 7.21. The molecule has 0 radical (unpaired) electrons. The molecule has 0 unspecified atom stereocenters. The lowest BCUT2D eigenvalue weighted by molar-refractivity contribution is -0.119. The first-order chi connectivity index (χ1) is 23.3. The molecule has 6 rings (SSSR count). The summed E-state index contributed by atoms with van der Waals surface area (Å²) in [6.07, 6.45) is 3.67. The van der Waals surface area contributed by atoms with E-state index in [-0.39, 0.29) is 18.1 Å². The Morgan fingerprint density at radius 2 is 1.54 bits per heavy atom. The monoisotopic (exact) mass is 686 g/mol. The molecule has 1 aliphatic rings. The van der Waals surface area contributed by atoms with E-state index in [0.29, 0.717) is 41.1 Å². The van der Waals surface area contributed by atoms with Gasteiger partial charge in [-0.1, -0.05) is 65.7 Å². The molecule has 0 bridgehead atoms. The SMILES string of the molecule is COc1nc(-c2cccc(-c3cccc(-c4ccc5c(CNC[C@@H](C)OC)cn(C)c5n4)c3Cl)c2Cl)ccc1CNC[C@@H]1CCC(=O)N1. The van der Waals surface area contributed by atoms with E-state index in [0.717, 1.165) is 64.1 Å². The van der Waals surface area contributed by atoms with Gasteiger partial charge in [-0.05, 0) is 37.1 Å². The van der Waals surface area contributed by atoms with Crippen molar-refractivity contribution in [2.75, 3.05) is 27.3 Å². The molecule has 11 heteroatoms. The highest BCUT2D eigenvalue weighted by Crippen LogP contribution is 2.42. The summed E-state index contributed by atoms with van der Waals surface area (Å²) in [5, 5.41) is 12.0. The van der Waals surface area contributed by atoms with Crippen molar-refractivity contribution in [3.05, 3.63) is 88.0 Å². The van der Waals surface area contributed by atoms with Crippen LogP contribution in [-0.2, 0) is 29.7 Å². The number of fused-ring (bicyclic) bond motifs is 1. The summed E-state index contributed by atoms with van der Waals surface area (Å²) in [5.41, 5.74) is 7.63. The number of carbonyl (C=O) groups is 1. The molecule has 3 N–H and O–H groups in total. The van der Waals surface area contributed by atoms with E-state index < -0.39 is 0 Å². The Morgan fingerprint density at radius 3 is 2.19 bits per heavy atom. The van der Waals surface area contributed by atoms with Crippen LogP contribution >= 0.6 is 23.2 Å². The Hall–Kier alpha value is -3.99. The van der Waals surface area contributed by atoms with E-state index in [4.69, 9.17) is 42.6 Å². The van der Waals surface area contributed by atoms with Crippen molar-refractivity contribution in [2.45, 2.75) is 45.0 Å². The number of pyridine rings is 2. The van der Waals surface area contributed by atoms with Gasteiger partial charge in [-0.25, -0.2) is 9.97 Å². The van der Waals surface area contributed by atoms with Gasteiger partial charge in [0, 0.05) is 92.2 Å². The molecule has 2 aromatic carbocycles. The van der Waals surface area contributed by atoms with E-state index in [2.05, 4.69) is 28.2 Å². The number of rotatable bonds is 13. The average molecular weight is 688 g/mol. The zero-order valence-corrected chi connectivity index (χ0v) is 29.1. The van der Waals surface area contributed by atoms with Gasteiger partial charge in [0.05, 0.1) is 34.6 Å². The fourth-order valence-corrected chi connectivity index (χ4v) is 6.78. The number of ether oxygens (including phenoxy) is 2. The molecule has 1 aliphatic heterocycles. The minimum atomic E-state index is 0.106. The second-order valence-corrected chi connectivity index (χ2v) is 12.9. The summed E-state index contributed by atoms with van der Waals surface area (Å²) in [7, 11) is 5.33. The Balaban J connectivity index is 1.25. The summed E-state index contributed by atoms with van der Waals surface area (Å²) in [6, 6.07) is 20.0. The van der Waals surface area contributed by atoms with Gasteiger partial charge in [0.2, 0.25) is 11.8 Å². The summed E-state index contributed by atoms with van der Waals surface area (Å²) >= 11 is 14.2. The first kappa shape index (κ1) is 33.9. The van der Waals surface area contributed by atoms with Gasteiger partial charge < -0.3 is 30.0 Å². The van der Waals surface area contributed by atoms with Crippen LogP contribution in [0.3, 0.4) is 0 Å². The molecule has 250 valence electrons. The van der Waals surface area contributed by atoms with Crippen LogP contribution in [0.15, 0.2) is 66.9 Å². The number of halogens is 2. The lowest BCUT2D eigenvalue weighted by Crippen LogP contribution is -2.35. The van der Waals surface area contributed by atoms with Crippen LogP contribution < -0.4 is 20.7 Å². The lowest BCUT2D eigenvalue weighted by Gasteiger charge is -2.15. The molecule has 9 nitrogen and oxygen atoms in total. The first-order valence-electron chi connectivity index (χ1n) is 16.1. The van der Waals surface area contributed by atoms with Crippen LogP contribution in [0.2, 0.25) is 10.0 Å². The van der Waals surface area contributed by atoms with Crippen LogP contribution in [0.25, 0.3) is 44.7 Å². The zero-order chi connectivity index (χ0) is 33.8. The van der Waals surface area contributed by atoms with E-state index in [1.165, 1.54) is 5.56 Å². The Morgan fingerprint density at radius 1 is 0.896 bits per heavy atom. The quantitative estimate of drug-likeness (QED) is 0.126. The topological polar surface area (TPSA) is 102 Å². The predicted octanol–water partition coefficient (Wildman–Crippen LogP) is 6.78. The number of amides is 1. The largest absolute Gasteiger partial charge is 0.481 e. The maximum Gasteiger partial charge on any atom is 0.220 e. The van der Waals surface area contributed by atoms with Crippen molar-refractivity contribution in [3.8, 4) is 39.5 Å². The van der Waals surface area contributed by atoms with Crippen molar-refractivity contribution in [1.29, 1.82) is 0 Å². The van der Waals surface area contributed by atoms with Crippen molar-refractivity contribution in [2.24, 2.45) is 7.05 Å². The molecule has 0 spiro atoms. The normalized spacial score (nSPS) is 15.2. The van der Waals surface area contributed by atoms with Gasteiger partial charge in [-0.15, -0.1) is 0 Å². The number of carbonyl (C=O) groups excluding carboxylic acids is 1. The Labute approximate surface area is 291 Å². The standard InChI is InChI=1S/C37H40Cl2N6O3/c1-22(47-3)17-40-19-24-21-45(2)36-26(24)13-15-31(43-36)29-9-5-7-27(34(29)38)28-8-6-10-30(35(28)39)32-14-11-23(37(44-32)48-4)18-41-20-25-12-16-33(46)42-25/h5-11,13-15,21-22,25,40-41H,12,16-20H2,1-4H3,(H,42,46)/t22-,25+/m1/s1. The number of aromatic nitrogens is 3. The summed E-state index contributed by atoms with van der Waals surface area (Å²) < 4.78 is 13.1. The number of nitrogens with one attached hydrogen (secondary N) is 3. The summed E-state index contributed by atoms with van der Waals surface area (Å²) in [4.78, 5) is 21.3. The number of benzene rings is 2. The van der Waals surface area contributed by atoms with Crippen LogP contribution in [0.5, 0.6) is 5.88 Å². The molecular weight excluding hydrogens is 647 g/mol. The maximum atomic E-state index is 11.5. The number of methoxy groups -OCH3 is 2. The number of hydrogen-bond acceptors (Lipinski definition) is 7. The molecule has 1 amide bonds. The van der Waals surface area contributed by atoms with Gasteiger partial charge >= 0.3 is 0 Å². The van der Waals surface area contributed by atoms with E-state index in [9.17, 15) is 4.79 Å². The zero-order valence-electron chi connectivity index (χ0n) is 27.6. The maximum absolute atomic E-state index is 11.5. The van der Waals surface area contributed by atoms with Crippen LogP contribution in [-0.4, -0.2) is 59.9 Å². The Bertz CT molecular complexity index is 1940. The molecule has 2 atom stereocenters. The van der Waals surface area contributed by atoms with Gasteiger partial charge in [-0.3, -0.25) is 4.79 Å². The minimum absolute atomic E-state index is 0.106. The molecule has 1 fully saturated rings. The highest BCUT2D eigenvalue weighted by atomic mass is 35.5. The summed E-state index contributed by atoms with van der Waals surface area (Å²) in [6.45, 7) is 4.77. The van der Waals surface area contributed by atoms with Gasteiger partial charge in [0.25, 0.3) is 0 Å². The van der Waals surface area contributed by atoms with Crippen molar-refractivity contribution in [1.82, 2.24) is 30.5 Å². The molecule has 4 heterocycles. The van der Waals surface area contributed by atoms with Gasteiger partial charge in [0.1, 0.15) is 5.65 Å². The highest BCUT2D eigenvalue weighted by molar-refractivity contribution is 6.39. The van der Waals surface area contributed by atoms with E-state index in [1.54, 1.807) is 14.2 Å². The molecule has 3 aromatic heterocycles. The van der Waals surface area contributed by atoms with Crippen molar-refractivity contribution >= 4 is 40.1 Å². The van der Waals surface area contributed by atoms with E-state index >= 15 is 0 Å². The minimum Gasteiger partial charge on any atom is -0.481 e. The Kier molecular flexibility index (Phi) is 10.6.